The van der Waals surface area contributed by atoms with Crippen LogP contribution in [-0.2, 0) is 4.79 Å². The Morgan fingerprint density at radius 2 is 1.78 bits per heavy atom. The Balaban J connectivity index is 1.99. The fraction of sp³-hybridized carbons (Fsp3) is 0.158. The van der Waals surface area contributed by atoms with Crippen LogP contribution in [0.5, 0.6) is 5.75 Å². The summed E-state index contributed by atoms with van der Waals surface area (Å²) in [5.74, 6) is -0.407. The molecule has 2 aromatic rings. The van der Waals surface area contributed by atoms with Crippen LogP contribution in [-0.4, -0.2) is 18.5 Å². The topological polar surface area (TPSA) is 93.4 Å². The summed E-state index contributed by atoms with van der Waals surface area (Å²) in [4.78, 5) is 22.9. The zero-order valence-electron chi connectivity index (χ0n) is 14.5. The molecular formula is C19H19F2N3O3. The minimum Gasteiger partial charge on any atom is -0.434 e. The maximum Gasteiger partial charge on any atom is 0.387 e. The smallest absolute Gasteiger partial charge is 0.387 e. The maximum atomic E-state index is 12.4. The first kappa shape index (κ1) is 19.9. The van der Waals surface area contributed by atoms with Gasteiger partial charge in [0, 0.05) is 17.3 Å². The summed E-state index contributed by atoms with van der Waals surface area (Å²) in [5.41, 5.74) is 6.76. The van der Waals surface area contributed by atoms with Gasteiger partial charge in [0.1, 0.15) is 5.75 Å². The number of alkyl halides is 2. The minimum absolute atomic E-state index is 0.0119. The third kappa shape index (κ3) is 6.43. The number of para-hydroxylation sites is 1. The third-order valence-corrected chi connectivity index (χ3v) is 3.59. The van der Waals surface area contributed by atoms with Crippen LogP contribution < -0.4 is 21.1 Å². The van der Waals surface area contributed by atoms with Crippen LogP contribution in [0.25, 0.3) is 6.08 Å². The fourth-order valence-corrected chi connectivity index (χ4v) is 2.33. The van der Waals surface area contributed by atoms with E-state index in [0.29, 0.717) is 11.3 Å². The molecule has 2 rings (SSSR count). The summed E-state index contributed by atoms with van der Waals surface area (Å²) >= 11 is 0. The van der Waals surface area contributed by atoms with Crippen molar-refractivity contribution in [1.29, 1.82) is 0 Å². The lowest BCUT2D eigenvalue weighted by Crippen LogP contribution is -2.24. The van der Waals surface area contributed by atoms with Crippen molar-refractivity contribution < 1.29 is 23.1 Å². The quantitative estimate of drug-likeness (QED) is 0.645. The Morgan fingerprint density at radius 1 is 1.11 bits per heavy atom. The van der Waals surface area contributed by atoms with Crippen LogP contribution in [0.1, 0.15) is 24.1 Å². The number of ether oxygens (including phenoxy) is 1. The molecule has 0 saturated heterocycles. The first-order valence-electron chi connectivity index (χ1n) is 8.04. The lowest BCUT2D eigenvalue weighted by molar-refractivity contribution is -0.117. The standard InChI is InChI=1S/C19H19F2N3O3/c1-12(13-6-9-15(10-7-13)24-19(22)26)23-17(25)11-8-14-4-2-3-5-16(14)27-18(20)21/h2-12,18H,1H3,(H,23,25)(H3,22,24,26)/b11-8+/t12-/m0/s1. The monoisotopic (exact) mass is 375 g/mol. The van der Waals surface area contributed by atoms with E-state index >= 15 is 0 Å². The van der Waals surface area contributed by atoms with Crippen molar-refractivity contribution in [2.75, 3.05) is 5.32 Å². The normalized spacial score (nSPS) is 12.0. The Labute approximate surface area is 155 Å². The Hall–Kier alpha value is -3.42. The number of halogens is 2. The highest BCUT2D eigenvalue weighted by Gasteiger charge is 2.10. The van der Waals surface area contributed by atoms with E-state index < -0.39 is 18.5 Å². The average Bonchev–Trinajstić information content (AvgIpc) is 2.60. The highest BCUT2D eigenvalue weighted by atomic mass is 19.3. The molecule has 3 amide bonds. The van der Waals surface area contributed by atoms with Crippen molar-refractivity contribution in [2.24, 2.45) is 5.73 Å². The molecule has 0 aromatic heterocycles. The fourth-order valence-electron chi connectivity index (χ4n) is 2.33. The van der Waals surface area contributed by atoms with E-state index in [4.69, 9.17) is 5.73 Å². The van der Waals surface area contributed by atoms with Crippen molar-refractivity contribution in [3.8, 4) is 5.75 Å². The largest absolute Gasteiger partial charge is 0.434 e. The maximum absolute atomic E-state index is 12.4. The lowest BCUT2D eigenvalue weighted by Gasteiger charge is -2.13. The molecule has 0 heterocycles. The number of nitrogens with two attached hydrogens (primary N) is 1. The number of anilines is 1. The summed E-state index contributed by atoms with van der Waals surface area (Å²) in [5, 5.41) is 5.20. The lowest BCUT2D eigenvalue weighted by atomic mass is 10.1. The number of urea groups is 1. The predicted molar refractivity (Wildman–Crippen MR) is 98.3 cm³/mol. The van der Waals surface area contributed by atoms with Crippen LogP contribution in [0.2, 0.25) is 0 Å². The van der Waals surface area contributed by atoms with Gasteiger partial charge in [0.15, 0.2) is 0 Å². The molecule has 0 aliphatic carbocycles. The third-order valence-electron chi connectivity index (χ3n) is 3.59. The average molecular weight is 375 g/mol. The summed E-state index contributed by atoms with van der Waals surface area (Å²) in [6, 6.07) is 12.0. The second kappa shape index (κ2) is 9.33. The summed E-state index contributed by atoms with van der Waals surface area (Å²) < 4.78 is 29.2. The number of benzene rings is 2. The highest BCUT2D eigenvalue weighted by Crippen LogP contribution is 2.21. The first-order valence-corrected chi connectivity index (χ1v) is 8.04. The van der Waals surface area contributed by atoms with E-state index in [-0.39, 0.29) is 11.8 Å². The predicted octanol–water partition coefficient (Wildman–Crippen LogP) is 3.67. The van der Waals surface area contributed by atoms with Crippen molar-refractivity contribution in [1.82, 2.24) is 5.32 Å². The molecule has 0 radical (unpaired) electrons. The van der Waals surface area contributed by atoms with Gasteiger partial charge in [-0.1, -0.05) is 30.3 Å². The van der Waals surface area contributed by atoms with Gasteiger partial charge in [0.25, 0.3) is 0 Å². The zero-order chi connectivity index (χ0) is 19.8. The molecule has 6 nitrogen and oxygen atoms in total. The Kier molecular flexibility index (Phi) is 6.87. The second-order valence-electron chi connectivity index (χ2n) is 5.59. The van der Waals surface area contributed by atoms with Crippen LogP contribution in [0.3, 0.4) is 0 Å². The molecule has 1 atom stereocenters. The number of hydrogen-bond acceptors (Lipinski definition) is 3. The number of primary amides is 1. The van der Waals surface area contributed by atoms with Crippen molar-refractivity contribution in [3.05, 3.63) is 65.7 Å². The number of carbonyl (C=O) groups excluding carboxylic acids is 2. The first-order chi connectivity index (χ1) is 12.8. The molecule has 0 unspecified atom stereocenters. The summed E-state index contributed by atoms with van der Waals surface area (Å²) in [6.07, 6.45) is 2.65. The van der Waals surface area contributed by atoms with Gasteiger partial charge in [-0.05, 0) is 36.8 Å². The molecule has 0 aliphatic heterocycles. The van der Waals surface area contributed by atoms with Crippen molar-refractivity contribution in [3.63, 3.8) is 0 Å². The molecule has 2 aromatic carbocycles. The molecule has 0 fully saturated rings. The number of rotatable bonds is 7. The van der Waals surface area contributed by atoms with Crippen LogP contribution in [0, 0.1) is 0 Å². The van der Waals surface area contributed by atoms with Crippen molar-refractivity contribution in [2.45, 2.75) is 19.6 Å². The molecule has 0 spiro atoms. The molecular weight excluding hydrogens is 356 g/mol. The van der Waals surface area contributed by atoms with Gasteiger partial charge in [0.2, 0.25) is 5.91 Å². The molecule has 4 N–H and O–H groups in total. The minimum atomic E-state index is -2.94. The highest BCUT2D eigenvalue weighted by molar-refractivity contribution is 5.92. The molecule has 27 heavy (non-hydrogen) atoms. The van der Waals surface area contributed by atoms with E-state index in [2.05, 4.69) is 15.4 Å². The SMILES string of the molecule is C[C@H](NC(=O)/C=C/c1ccccc1OC(F)F)c1ccc(NC(N)=O)cc1. The van der Waals surface area contributed by atoms with Gasteiger partial charge >= 0.3 is 12.6 Å². The number of nitrogens with one attached hydrogen (secondary N) is 2. The van der Waals surface area contributed by atoms with Crippen LogP contribution >= 0.6 is 0 Å². The molecule has 142 valence electrons. The van der Waals surface area contributed by atoms with Gasteiger partial charge in [-0.25, -0.2) is 4.79 Å². The van der Waals surface area contributed by atoms with E-state index in [9.17, 15) is 18.4 Å². The van der Waals surface area contributed by atoms with Gasteiger partial charge in [0.05, 0.1) is 6.04 Å². The molecule has 0 bridgehead atoms. The Morgan fingerprint density at radius 3 is 2.41 bits per heavy atom. The summed E-state index contributed by atoms with van der Waals surface area (Å²) in [7, 11) is 0. The van der Waals surface area contributed by atoms with E-state index in [1.54, 1.807) is 49.4 Å². The van der Waals surface area contributed by atoms with E-state index in [1.807, 2.05) is 0 Å². The summed E-state index contributed by atoms with van der Waals surface area (Å²) in [6.45, 7) is -1.16. The van der Waals surface area contributed by atoms with Gasteiger partial charge < -0.3 is 21.1 Å². The van der Waals surface area contributed by atoms with E-state index in [1.165, 1.54) is 18.2 Å². The zero-order valence-corrected chi connectivity index (χ0v) is 14.5. The van der Waals surface area contributed by atoms with Gasteiger partial charge in [-0.15, -0.1) is 0 Å². The molecule has 8 heteroatoms. The van der Waals surface area contributed by atoms with Gasteiger partial charge in [-0.2, -0.15) is 8.78 Å². The Bertz CT molecular complexity index is 823. The van der Waals surface area contributed by atoms with Crippen LogP contribution in [0.4, 0.5) is 19.3 Å². The number of amides is 3. The van der Waals surface area contributed by atoms with Gasteiger partial charge in [-0.3, -0.25) is 4.79 Å². The van der Waals surface area contributed by atoms with E-state index in [0.717, 1.165) is 5.56 Å². The van der Waals surface area contributed by atoms with Crippen molar-refractivity contribution >= 4 is 23.7 Å². The molecule has 0 saturated carbocycles. The number of hydrogen-bond donors (Lipinski definition) is 3. The second-order valence-corrected chi connectivity index (χ2v) is 5.59. The molecule has 0 aliphatic rings. The van der Waals surface area contributed by atoms with Crippen LogP contribution in [0.15, 0.2) is 54.6 Å². The number of carbonyl (C=O) groups is 2.